The average molecular weight is 366 g/mol. The van der Waals surface area contributed by atoms with Gasteiger partial charge in [0.1, 0.15) is 0 Å². The van der Waals surface area contributed by atoms with Gasteiger partial charge in [-0.2, -0.15) is 0 Å². The van der Waals surface area contributed by atoms with E-state index in [0.29, 0.717) is 25.7 Å². The summed E-state index contributed by atoms with van der Waals surface area (Å²) in [5.41, 5.74) is 0. The lowest BCUT2D eigenvalue weighted by Crippen LogP contribution is -2.03. The van der Waals surface area contributed by atoms with Gasteiger partial charge in [0.2, 0.25) is 0 Å². The zero-order valence-corrected chi connectivity index (χ0v) is 15.0. The molecule has 0 rings (SSSR count). The number of aliphatic hydroxyl groups excluding tert-OH is 2. The molecule has 0 aromatic heterocycles. The van der Waals surface area contributed by atoms with Gasteiger partial charge in [0, 0.05) is 12.8 Å². The second-order valence-corrected chi connectivity index (χ2v) is 5.92. The molecule has 0 heterocycles. The summed E-state index contributed by atoms with van der Waals surface area (Å²) in [7, 11) is 0. The maximum absolute atomic E-state index is 10.4. The molecule has 0 saturated carbocycles. The van der Waals surface area contributed by atoms with Gasteiger partial charge in [0.25, 0.3) is 0 Å². The topological polar surface area (TPSA) is 115 Å². The Kier molecular flexibility index (Phi) is 14.9. The average Bonchev–Trinajstić information content (AvgIpc) is 2.56. The van der Waals surface area contributed by atoms with E-state index in [1.54, 1.807) is 36.5 Å². The normalized spacial score (nSPS) is 14.7. The van der Waals surface area contributed by atoms with E-state index in [9.17, 15) is 19.8 Å². The summed E-state index contributed by atoms with van der Waals surface area (Å²) in [5.74, 6) is -1.64. The smallest absolute Gasteiger partial charge is 0.303 e. The number of carboxylic acids is 2. The van der Waals surface area contributed by atoms with Crippen LogP contribution in [0.15, 0.2) is 48.6 Å². The molecule has 0 aromatic rings. The Morgan fingerprint density at radius 2 is 1.31 bits per heavy atom. The minimum atomic E-state index is -0.863. The van der Waals surface area contributed by atoms with E-state index in [1.807, 2.05) is 12.2 Å². The minimum Gasteiger partial charge on any atom is -0.481 e. The molecule has 0 aliphatic rings. The van der Waals surface area contributed by atoms with Crippen LogP contribution in [-0.4, -0.2) is 44.6 Å². The number of unbranched alkanes of at least 4 members (excludes halogenated alkanes) is 2. The maximum Gasteiger partial charge on any atom is 0.303 e. The van der Waals surface area contributed by atoms with Crippen molar-refractivity contribution in [3.05, 3.63) is 48.6 Å². The second-order valence-electron chi connectivity index (χ2n) is 5.92. The van der Waals surface area contributed by atoms with Gasteiger partial charge in [-0.25, -0.2) is 0 Å². The van der Waals surface area contributed by atoms with Crippen LogP contribution in [0.3, 0.4) is 0 Å². The standard InChI is InChI=1S/C20H30O6/c21-17(11-6-2-1-3-9-15-19(23)24)12-7-4-5-8-13-18(22)14-10-16-20(25)26/h2,4-8,12-13,17-18,21-22H,1,3,9-11,14-16H2,(H,23,24)(H,25,26)/b5-4+,6-2-,12-7+,13-8+/t17-,18-/m1/s1. The molecule has 146 valence electrons. The third-order valence-electron chi connectivity index (χ3n) is 3.45. The summed E-state index contributed by atoms with van der Waals surface area (Å²) in [6, 6.07) is 0. The molecule has 0 saturated heterocycles. The van der Waals surface area contributed by atoms with Crippen LogP contribution in [0.5, 0.6) is 0 Å². The van der Waals surface area contributed by atoms with E-state index in [1.165, 1.54) is 0 Å². The summed E-state index contributed by atoms with van der Waals surface area (Å²) in [5, 5.41) is 36.4. The summed E-state index contributed by atoms with van der Waals surface area (Å²) in [6.45, 7) is 0. The number of allylic oxidation sites excluding steroid dienone is 5. The lowest BCUT2D eigenvalue weighted by molar-refractivity contribution is -0.138. The molecule has 0 fully saturated rings. The van der Waals surface area contributed by atoms with E-state index < -0.39 is 24.1 Å². The molecule has 0 aliphatic heterocycles. The van der Waals surface area contributed by atoms with Gasteiger partial charge in [-0.05, 0) is 38.5 Å². The minimum absolute atomic E-state index is 0.0537. The predicted octanol–water partition coefficient (Wildman–Crippen LogP) is 3.22. The zero-order chi connectivity index (χ0) is 19.6. The fourth-order valence-corrected chi connectivity index (χ4v) is 2.04. The molecule has 6 heteroatoms. The van der Waals surface area contributed by atoms with Gasteiger partial charge in [0.15, 0.2) is 0 Å². The van der Waals surface area contributed by atoms with E-state index >= 15 is 0 Å². The molecule has 26 heavy (non-hydrogen) atoms. The van der Waals surface area contributed by atoms with Crippen LogP contribution in [0.1, 0.15) is 51.4 Å². The van der Waals surface area contributed by atoms with Gasteiger partial charge in [0.05, 0.1) is 12.2 Å². The van der Waals surface area contributed by atoms with E-state index in [-0.39, 0.29) is 12.8 Å². The first-order chi connectivity index (χ1) is 12.4. The number of aliphatic carboxylic acids is 2. The van der Waals surface area contributed by atoms with Crippen molar-refractivity contribution < 1.29 is 30.0 Å². The van der Waals surface area contributed by atoms with Crippen LogP contribution < -0.4 is 0 Å². The van der Waals surface area contributed by atoms with Crippen molar-refractivity contribution in [3.63, 3.8) is 0 Å². The first-order valence-electron chi connectivity index (χ1n) is 8.88. The van der Waals surface area contributed by atoms with Gasteiger partial charge in [-0.3, -0.25) is 9.59 Å². The highest BCUT2D eigenvalue weighted by Gasteiger charge is 2.01. The number of hydrogen-bond donors (Lipinski definition) is 4. The summed E-state index contributed by atoms with van der Waals surface area (Å²) in [6.07, 6.45) is 16.6. The van der Waals surface area contributed by atoms with Crippen molar-refractivity contribution in [1.82, 2.24) is 0 Å². The van der Waals surface area contributed by atoms with Crippen molar-refractivity contribution in [2.75, 3.05) is 0 Å². The zero-order valence-electron chi connectivity index (χ0n) is 15.0. The molecular formula is C20H30O6. The monoisotopic (exact) mass is 366 g/mol. The van der Waals surface area contributed by atoms with Crippen LogP contribution >= 0.6 is 0 Å². The SMILES string of the molecule is O=C(O)CCCC/C=C\C[C@@H](O)/C=C/C=C/C=C/[C@@H](O)CCCC(=O)O. The van der Waals surface area contributed by atoms with Crippen molar-refractivity contribution in [3.8, 4) is 0 Å². The first-order valence-corrected chi connectivity index (χ1v) is 8.88. The third kappa shape index (κ3) is 18.2. The molecule has 2 atom stereocenters. The summed E-state index contributed by atoms with van der Waals surface area (Å²) in [4.78, 5) is 20.7. The van der Waals surface area contributed by atoms with Crippen molar-refractivity contribution in [2.45, 2.75) is 63.6 Å². The van der Waals surface area contributed by atoms with Crippen molar-refractivity contribution in [2.24, 2.45) is 0 Å². The Bertz CT molecular complexity index is 504. The van der Waals surface area contributed by atoms with Crippen LogP contribution in [0.25, 0.3) is 0 Å². The Morgan fingerprint density at radius 1 is 0.731 bits per heavy atom. The largest absolute Gasteiger partial charge is 0.481 e. The lowest BCUT2D eigenvalue weighted by atomic mass is 10.1. The number of carboxylic acid groups (broad SMARTS) is 2. The molecular weight excluding hydrogens is 336 g/mol. The highest BCUT2D eigenvalue weighted by molar-refractivity contribution is 5.66. The van der Waals surface area contributed by atoms with Gasteiger partial charge < -0.3 is 20.4 Å². The molecule has 0 radical (unpaired) electrons. The lowest BCUT2D eigenvalue weighted by Gasteiger charge is -2.02. The highest BCUT2D eigenvalue weighted by atomic mass is 16.4. The van der Waals surface area contributed by atoms with Gasteiger partial charge >= 0.3 is 11.9 Å². The maximum atomic E-state index is 10.4. The third-order valence-corrected chi connectivity index (χ3v) is 3.45. The van der Waals surface area contributed by atoms with E-state index in [2.05, 4.69) is 0 Å². The van der Waals surface area contributed by atoms with E-state index in [0.717, 1.165) is 12.8 Å². The Labute approximate surface area is 154 Å². The van der Waals surface area contributed by atoms with Crippen molar-refractivity contribution in [1.29, 1.82) is 0 Å². The van der Waals surface area contributed by atoms with Crippen LogP contribution in [0.4, 0.5) is 0 Å². The second kappa shape index (κ2) is 16.3. The number of hydrogen-bond acceptors (Lipinski definition) is 4. The number of aliphatic hydroxyl groups is 2. The molecule has 0 aromatic carbocycles. The number of rotatable bonds is 15. The summed E-state index contributed by atoms with van der Waals surface area (Å²) >= 11 is 0. The Balaban J connectivity index is 3.80. The fourth-order valence-electron chi connectivity index (χ4n) is 2.04. The molecule has 0 unspecified atom stereocenters. The predicted molar refractivity (Wildman–Crippen MR) is 101 cm³/mol. The quantitative estimate of drug-likeness (QED) is 0.201. The molecule has 0 bridgehead atoms. The molecule has 0 spiro atoms. The van der Waals surface area contributed by atoms with Crippen molar-refractivity contribution >= 4 is 11.9 Å². The molecule has 0 amide bonds. The molecule has 0 aliphatic carbocycles. The summed E-state index contributed by atoms with van der Waals surface area (Å²) < 4.78 is 0. The highest BCUT2D eigenvalue weighted by Crippen LogP contribution is 2.04. The van der Waals surface area contributed by atoms with Gasteiger partial charge in [-0.15, -0.1) is 0 Å². The van der Waals surface area contributed by atoms with E-state index in [4.69, 9.17) is 10.2 Å². The number of carbonyl (C=O) groups is 2. The Hall–Kier alpha value is -2.18. The fraction of sp³-hybridized carbons (Fsp3) is 0.500. The first kappa shape index (κ1) is 23.8. The molecule has 4 N–H and O–H groups in total. The van der Waals surface area contributed by atoms with Gasteiger partial charge in [-0.1, -0.05) is 48.6 Å². The van der Waals surface area contributed by atoms with Crippen LogP contribution in [-0.2, 0) is 9.59 Å². The Morgan fingerprint density at radius 3 is 1.92 bits per heavy atom. The van der Waals surface area contributed by atoms with Crippen LogP contribution in [0, 0.1) is 0 Å². The molecule has 6 nitrogen and oxygen atoms in total. The van der Waals surface area contributed by atoms with Crippen LogP contribution in [0.2, 0.25) is 0 Å².